The largest absolute Gasteiger partial charge is 0.453 e. The van der Waals surface area contributed by atoms with Gasteiger partial charge in [0.1, 0.15) is 5.82 Å². The second kappa shape index (κ2) is 5.82. The molecule has 0 aliphatic carbocycles. The average Bonchev–Trinajstić information content (AvgIpc) is 2.98. The van der Waals surface area contributed by atoms with E-state index >= 15 is 0 Å². The third kappa shape index (κ3) is 2.83. The van der Waals surface area contributed by atoms with Crippen LogP contribution in [0.1, 0.15) is 32.5 Å². The number of rotatable bonds is 3. The molecular formula is C14H18F3N5O2S. The maximum absolute atomic E-state index is 13.0. The minimum atomic E-state index is -4.67. The topological polar surface area (TPSA) is 80.5 Å². The Morgan fingerprint density at radius 2 is 1.88 bits per heavy atom. The van der Waals surface area contributed by atoms with Gasteiger partial charge in [0, 0.05) is 13.1 Å². The quantitative estimate of drug-likeness (QED) is 0.813. The molecule has 0 N–H and O–H groups in total. The summed E-state index contributed by atoms with van der Waals surface area (Å²) in [7, 11) is -3.27. The zero-order valence-electron chi connectivity index (χ0n) is 13.8. The Labute approximate surface area is 142 Å². The first-order chi connectivity index (χ1) is 11.6. The molecule has 0 bridgehead atoms. The van der Waals surface area contributed by atoms with Crippen LogP contribution >= 0.6 is 0 Å². The monoisotopic (exact) mass is 377 g/mol. The molecule has 2 aromatic heterocycles. The summed E-state index contributed by atoms with van der Waals surface area (Å²) in [5.41, 5.74) is -0.0158. The van der Waals surface area contributed by atoms with Crippen molar-refractivity contribution in [2.45, 2.75) is 37.6 Å². The first-order valence-corrected chi connectivity index (χ1v) is 9.55. The molecule has 7 nitrogen and oxygen atoms in total. The summed E-state index contributed by atoms with van der Waals surface area (Å²) in [6.45, 7) is 4.00. The van der Waals surface area contributed by atoms with Crippen molar-refractivity contribution in [2.75, 3.05) is 23.7 Å². The molecule has 0 amide bonds. The van der Waals surface area contributed by atoms with E-state index in [4.69, 9.17) is 0 Å². The molecule has 2 aromatic rings. The Hall–Kier alpha value is -1.91. The number of nitrogens with zero attached hydrogens (tertiary/aromatic N) is 5. The Balaban J connectivity index is 2.02. The Bertz CT molecular complexity index is 889. The van der Waals surface area contributed by atoms with E-state index in [9.17, 15) is 21.6 Å². The van der Waals surface area contributed by atoms with Crippen LogP contribution in [0.4, 0.5) is 19.0 Å². The van der Waals surface area contributed by atoms with E-state index in [0.717, 1.165) is 0 Å². The van der Waals surface area contributed by atoms with Crippen LogP contribution in [-0.4, -0.2) is 51.8 Å². The molecule has 0 aromatic carbocycles. The molecule has 1 aliphatic heterocycles. The van der Waals surface area contributed by atoms with Crippen LogP contribution in [0, 0.1) is 0 Å². The van der Waals surface area contributed by atoms with Gasteiger partial charge < -0.3 is 4.90 Å². The van der Waals surface area contributed by atoms with Crippen LogP contribution in [0.3, 0.4) is 0 Å². The second-order valence-corrected chi connectivity index (χ2v) is 8.62. The fourth-order valence-electron chi connectivity index (χ4n) is 3.21. The normalized spacial score (nSPS) is 20.1. The van der Waals surface area contributed by atoms with Crippen molar-refractivity contribution in [3.8, 4) is 0 Å². The molecule has 3 rings (SSSR count). The van der Waals surface area contributed by atoms with Crippen molar-refractivity contribution >= 4 is 21.3 Å². The zero-order valence-corrected chi connectivity index (χ0v) is 14.6. The summed E-state index contributed by atoms with van der Waals surface area (Å²) in [5.74, 6) is -0.979. The van der Waals surface area contributed by atoms with Crippen molar-refractivity contribution in [2.24, 2.45) is 0 Å². The van der Waals surface area contributed by atoms with E-state index in [0.29, 0.717) is 17.4 Å². The van der Waals surface area contributed by atoms with Gasteiger partial charge in [-0.05, 0) is 25.0 Å². The molecule has 0 radical (unpaired) electrons. The molecule has 138 valence electrons. The number of alkyl halides is 3. The lowest BCUT2D eigenvalue weighted by molar-refractivity contribution is -0.146. The molecule has 1 fully saturated rings. The maximum Gasteiger partial charge on any atom is 0.453 e. The highest BCUT2D eigenvalue weighted by molar-refractivity contribution is 7.92. The van der Waals surface area contributed by atoms with Gasteiger partial charge in [0.05, 0.1) is 10.5 Å². The van der Waals surface area contributed by atoms with Crippen molar-refractivity contribution in [1.29, 1.82) is 0 Å². The lowest BCUT2D eigenvalue weighted by atomic mass is 10.0. The minimum Gasteiger partial charge on any atom is -0.353 e. The first-order valence-electron chi connectivity index (χ1n) is 7.90. The molecule has 3 heterocycles. The predicted octanol–water partition coefficient (Wildman–Crippen LogP) is 1.94. The minimum absolute atomic E-state index is 0.0158. The lowest BCUT2D eigenvalue weighted by Gasteiger charge is -2.41. The lowest BCUT2D eigenvalue weighted by Crippen LogP contribution is -2.56. The van der Waals surface area contributed by atoms with E-state index in [1.165, 1.54) is 12.1 Å². The molecule has 11 heteroatoms. The van der Waals surface area contributed by atoms with Crippen molar-refractivity contribution in [1.82, 2.24) is 19.8 Å². The van der Waals surface area contributed by atoms with Crippen LogP contribution < -0.4 is 4.90 Å². The summed E-state index contributed by atoms with van der Waals surface area (Å²) < 4.78 is 63.7. The van der Waals surface area contributed by atoms with Gasteiger partial charge in [-0.25, -0.2) is 8.42 Å². The first kappa shape index (κ1) is 17.9. The van der Waals surface area contributed by atoms with Crippen molar-refractivity contribution in [3.05, 3.63) is 18.0 Å². The molecule has 0 unspecified atom stereocenters. The highest BCUT2D eigenvalue weighted by atomic mass is 32.2. The number of aromatic nitrogens is 4. The molecule has 0 spiro atoms. The Morgan fingerprint density at radius 3 is 2.48 bits per heavy atom. The molecule has 1 saturated heterocycles. The summed E-state index contributed by atoms with van der Waals surface area (Å²) in [5, 5.41) is 10.6. The van der Waals surface area contributed by atoms with Crippen LogP contribution in [-0.2, 0) is 16.0 Å². The van der Waals surface area contributed by atoms with Gasteiger partial charge in [0.2, 0.25) is 0 Å². The van der Waals surface area contributed by atoms with Crippen LogP contribution in [0.2, 0.25) is 0 Å². The third-order valence-electron chi connectivity index (χ3n) is 4.88. The van der Waals surface area contributed by atoms with Gasteiger partial charge in [-0.15, -0.1) is 15.3 Å². The number of sulfone groups is 1. The van der Waals surface area contributed by atoms with Gasteiger partial charge in [-0.2, -0.15) is 17.7 Å². The van der Waals surface area contributed by atoms with E-state index in [-0.39, 0.29) is 30.3 Å². The molecule has 25 heavy (non-hydrogen) atoms. The van der Waals surface area contributed by atoms with Crippen LogP contribution in [0.15, 0.2) is 12.1 Å². The number of hydrogen-bond acceptors (Lipinski definition) is 6. The van der Waals surface area contributed by atoms with E-state index in [1.807, 2.05) is 13.8 Å². The van der Waals surface area contributed by atoms with Crippen LogP contribution in [0.25, 0.3) is 5.65 Å². The summed E-state index contributed by atoms with van der Waals surface area (Å²) in [4.78, 5) is 1.72. The Kier molecular flexibility index (Phi) is 4.17. The fraction of sp³-hybridized carbons (Fsp3) is 0.643. The van der Waals surface area contributed by atoms with Crippen LogP contribution in [0.5, 0.6) is 0 Å². The number of hydrogen-bond donors (Lipinski definition) is 0. The third-order valence-corrected chi connectivity index (χ3v) is 7.63. The van der Waals surface area contributed by atoms with E-state index in [2.05, 4.69) is 15.3 Å². The average molecular weight is 377 g/mol. The number of halogens is 3. The molecule has 1 aliphatic rings. The van der Waals surface area contributed by atoms with E-state index < -0.39 is 26.6 Å². The van der Waals surface area contributed by atoms with Crippen molar-refractivity contribution < 1.29 is 21.6 Å². The van der Waals surface area contributed by atoms with Gasteiger partial charge >= 0.3 is 6.18 Å². The Morgan fingerprint density at radius 1 is 1.20 bits per heavy atom. The maximum atomic E-state index is 13.0. The summed E-state index contributed by atoms with van der Waals surface area (Å²) >= 11 is 0. The van der Waals surface area contributed by atoms with Gasteiger partial charge in [-0.3, -0.25) is 0 Å². The van der Waals surface area contributed by atoms with Gasteiger partial charge in [0.25, 0.3) is 5.82 Å². The molecule has 0 atom stereocenters. The predicted molar refractivity (Wildman–Crippen MR) is 85.1 cm³/mol. The fourth-order valence-corrected chi connectivity index (χ4v) is 5.33. The van der Waals surface area contributed by atoms with Crippen molar-refractivity contribution in [3.63, 3.8) is 0 Å². The SMILES string of the molecule is CCC1(CC)CN(c2ccc3nnc(C(F)(F)F)n3n2)CCS1(=O)=O. The number of fused-ring (bicyclic) bond motifs is 1. The highest BCUT2D eigenvalue weighted by Gasteiger charge is 2.45. The van der Waals surface area contributed by atoms with Gasteiger partial charge in [0.15, 0.2) is 15.5 Å². The summed E-state index contributed by atoms with van der Waals surface area (Å²) in [6.07, 6.45) is -3.80. The smallest absolute Gasteiger partial charge is 0.353 e. The zero-order chi connectivity index (χ0) is 18.5. The highest BCUT2D eigenvalue weighted by Crippen LogP contribution is 2.33. The second-order valence-electron chi connectivity index (χ2n) is 6.11. The standard InChI is InChI=1S/C14H18F3N5O2S/c1-3-13(4-2)9-21(7-8-25(13,23)24)11-6-5-10-18-19-12(14(15,16)17)22(10)20-11/h5-6H,3-4,7-9H2,1-2H3. The summed E-state index contributed by atoms with van der Waals surface area (Å²) in [6, 6.07) is 2.94. The number of anilines is 1. The molecule has 0 saturated carbocycles. The van der Waals surface area contributed by atoms with E-state index in [1.54, 1.807) is 4.90 Å². The molecular weight excluding hydrogens is 359 g/mol. The van der Waals surface area contributed by atoms with Gasteiger partial charge in [-0.1, -0.05) is 13.8 Å².